The molecule has 9 heteroatoms. The number of aliphatic hydroxyl groups excluding tert-OH is 1. The van der Waals surface area contributed by atoms with Crippen molar-refractivity contribution in [1.29, 1.82) is 0 Å². The number of amides is 2. The van der Waals surface area contributed by atoms with Crippen LogP contribution in [0.15, 0.2) is 77.7 Å². The summed E-state index contributed by atoms with van der Waals surface area (Å²) in [4.78, 5) is 23.9. The molecule has 0 unspecified atom stereocenters. The molecule has 0 aromatic heterocycles. The highest BCUT2D eigenvalue weighted by Gasteiger charge is 2.38. The molecule has 8 nitrogen and oxygen atoms in total. The van der Waals surface area contributed by atoms with Gasteiger partial charge in [-0.2, -0.15) is 0 Å². The molecule has 0 saturated carbocycles. The van der Waals surface area contributed by atoms with E-state index in [1.165, 1.54) is 0 Å². The van der Waals surface area contributed by atoms with Gasteiger partial charge in [-0.15, -0.1) is 11.8 Å². The first-order chi connectivity index (χ1) is 18.9. The number of urea groups is 1. The number of hydrogen-bond acceptors (Lipinski definition) is 6. The number of aromatic carboxylic acids is 1. The number of benzene rings is 3. The maximum atomic E-state index is 11.7. The summed E-state index contributed by atoms with van der Waals surface area (Å²) in [6, 6.07) is 22.2. The number of carboxylic acid groups (broad SMARTS) is 1. The molecule has 0 spiro atoms. The van der Waals surface area contributed by atoms with Crippen LogP contribution >= 0.6 is 11.8 Å². The van der Waals surface area contributed by atoms with Gasteiger partial charge in [0.1, 0.15) is 0 Å². The van der Waals surface area contributed by atoms with E-state index in [0.29, 0.717) is 18.8 Å². The molecule has 1 aliphatic heterocycles. The lowest BCUT2D eigenvalue weighted by Gasteiger charge is -2.41. The van der Waals surface area contributed by atoms with Crippen LogP contribution < -0.4 is 10.6 Å². The van der Waals surface area contributed by atoms with Crippen LogP contribution in [-0.4, -0.2) is 40.6 Å². The molecule has 1 fully saturated rings. The van der Waals surface area contributed by atoms with Gasteiger partial charge < -0.3 is 30.3 Å². The maximum Gasteiger partial charge on any atom is 0.335 e. The second kappa shape index (κ2) is 13.6. The Balaban J connectivity index is 1.50. The lowest BCUT2D eigenvalue weighted by Crippen LogP contribution is -2.38. The zero-order valence-electron chi connectivity index (χ0n) is 22.0. The van der Waals surface area contributed by atoms with E-state index in [0.717, 1.165) is 27.1 Å². The SMILES string of the molecule is CCNC(=O)NCc1ccc([C@@H]2O[C@H](CSc3ccc(C(=O)O)cc3)[C@H](C)[C@H](c3ccc(CO)cc3)O2)cc1. The van der Waals surface area contributed by atoms with Crippen LogP contribution in [-0.2, 0) is 22.6 Å². The molecule has 3 aromatic carbocycles. The maximum absolute atomic E-state index is 11.7. The minimum atomic E-state index is -0.947. The predicted octanol–water partition coefficient (Wildman–Crippen LogP) is 5.28. The standard InChI is InChI=1S/C30H34N2O6S/c1-3-31-30(36)32-16-20-4-10-24(11-5-20)29-37-26(18-39-25-14-12-23(13-15-25)28(34)35)19(2)27(38-29)22-8-6-21(17-33)7-9-22/h4-15,19,26-27,29,33H,3,16-18H2,1-2H3,(H,34,35)(H2,31,32,36)/t19-,26+,27+,29+/m0/s1. The number of rotatable bonds is 10. The van der Waals surface area contributed by atoms with E-state index in [-0.39, 0.29) is 36.3 Å². The van der Waals surface area contributed by atoms with Crippen LogP contribution in [0, 0.1) is 5.92 Å². The number of nitrogens with one attached hydrogen (secondary N) is 2. The molecule has 3 aromatic rings. The Morgan fingerprint density at radius 1 is 0.872 bits per heavy atom. The molecule has 4 rings (SSSR count). The summed E-state index contributed by atoms with van der Waals surface area (Å²) in [6.45, 7) is 4.93. The molecular weight excluding hydrogens is 516 g/mol. The van der Waals surface area contributed by atoms with Crippen LogP contribution in [0.1, 0.15) is 58.9 Å². The molecule has 4 N–H and O–H groups in total. The van der Waals surface area contributed by atoms with E-state index in [2.05, 4.69) is 17.6 Å². The normalized spacial score (nSPS) is 20.8. The zero-order valence-corrected chi connectivity index (χ0v) is 22.8. The lowest BCUT2D eigenvalue weighted by molar-refractivity contribution is -0.268. The number of ether oxygens (including phenoxy) is 2. The Morgan fingerprint density at radius 3 is 2.13 bits per heavy atom. The first kappa shape index (κ1) is 28.6. The monoisotopic (exact) mass is 550 g/mol. The number of carbonyl (C=O) groups excluding carboxylic acids is 1. The summed E-state index contributed by atoms with van der Waals surface area (Å²) in [5, 5.41) is 24.2. The van der Waals surface area contributed by atoms with Crippen molar-refractivity contribution in [3.05, 3.63) is 101 Å². The molecule has 1 aliphatic rings. The van der Waals surface area contributed by atoms with Gasteiger partial charge in [0.25, 0.3) is 0 Å². The summed E-state index contributed by atoms with van der Waals surface area (Å²) in [5.74, 6) is -0.253. The van der Waals surface area contributed by atoms with Gasteiger partial charge in [0, 0.05) is 35.2 Å². The molecule has 1 saturated heterocycles. The molecule has 4 atom stereocenters. The fraction of sp³-hybridized carbons (Fsp3) is 0.333. The fourth-order valence-corrected chi connectivity index (χ4v) is 5.45. The van der Waals surface area contributed by atoms with Crippen LogP contribution in [0.3, 0.4) is 0 Å². The second-order valence-electron chi connectivity index (χ2n) is 9.42. The van der Waals surface area contributed by atoms with E-state index >= 15 is 0 Å². The number of hydrogen-bond donors (Lipinski definition) is 4. The summed E-state index contributed by atoms with van der Waals surface area (Å²) in [7, 11) is 0. The van der Waals surface area contributed by atoms with Crippen molar-refractivity contribution in [2.75, 3.05) is 12.3 Å². The highest BCUT2D eigenvalue weighted by atomic mass is 32.2. The smallest absolute Gasteiger partial charge is 0.335 e. The molecule has 206 valence electrons. The van der Waals surface area contributed by atoms with Crippen LogP contribution in [0.25, 0.3) is 0 Å². The summed E-state index contributed by atoms with van der Waals surface area (Å²) in [6.07, 6.45) is -0.959. The number of carboxylic acids is 1. The predicted molar refractivity (Wildman–Crippen MR) is 149 cm³/mol. The molecular formula is C30H34N2O6S. The molecule has 0 radical (unpaired) electrons. The Labute approximate surface area is 232 Å². The number of thioether (sulfide) groups is 1. The van der Waals surface area contributed by atoms with Crippen LogP contribution in [0.2, 0.25) is 0 Å². The van der Waals surface area contributed by atoms with Gasteiger partial charge in [0.05, 0.1) is 24.4 Å². The molecule has 2 amide bonds. The second-order valence-corrected chi connectivity index (χ2v) is 10.5. The quantitative estimate of drug-likeness (QED) is 0.254. The van der Waals surface area contributed by atoms with Gasteiger partial charge in [-0.1, -0.05) is 55.5 Å². The topological polar surface area (TPSA) is 117 Å². The third-order valence-electron chi connectivity index (χ3n) is 6.68. The molecule has 0 bridgehead atoms. The van der Waals surface area contributed by atoms with Crippen molar-refractivity contribution in [2.24, 2.45) is 5.92 Å². The zero-order chi connectivity index (χ0) is 27.8. The number of carbonyl (C=O) groups is 2. The van der Waals surface area contributed by atoms with Gasteiger partial charge in [0.15, 0.2) is 6.29 Å². The summed E-state index contributed by atoms with van der Waals surface area (Å²) < 4.78 is 13.0. The summed E-state index contributed by atoms with van der Waals surface area (Å²) in [5.41, 5.74) is 3.94. The minimum absolute atomic E-state index is 0.0195. The van der Waals surface area contributed by atoms with Crippen molar-refractivity contribution in [2.45, 2.75) is 50.4 Å². The van der Waals surface area contributed by atoms with Gasteiger partial charge in [-0.25, -0.2) is 9.59 Å². The molecule has 1 heterocycles. The number of aliphatic hydroxyl groups is 1. The Morgan fingerprint density at radius 2 is 1.51 bits per heavy atom. The summed E-state index contributed by atoms with van der Waals surface area (Å²) >= 11 is 1.61. The van der Waals surface area contributed by atoms with Gasteiger partial charge >= 0.3 is 12.0 Å². The highest BCUT2D eigenvalue weighted by Crippen LogP contribution is 2.43. The van der Waals surface area contributed by atoms with Crippen LogP contribution in [0.5, 0.6) is 0 Å². The minimum Gasteiger partial charge on any atom is -0.478 e. The Bertz CT molecular complexity index is 1230. The van der Waals surface area contributed by atoms with E-state index in [9.17, 15) is 14.7 Å². The largest absolute Gasteiger partial charge is 0.478 e. The Hall–Kier alpha value is -3.37. The van der Waals surface area contributed by atoms with Gasteiger partial charge in [0.2, 0.25) is 0 Å². The van der Waals surface area contributed by atoms with Crippen molar-refractivity contribution < 1.29 is 29.3 Å². The first-order valence-electron chi connectivity index (χ1n) is 12.9. The third-order valence-corrected chi connectivity index (χ3v) is 7.78. The van der Waals surface area contributed by atoms with E-state index in [1.54, 1.807) is 23.9 Å². The Kier molecular flexibility index (Phi) is 10.00. The van der Waals surface area contributed by atoms with E-state index in [4.69, 9.17) is 14.6 Å². The van der Waals surface area contributed by atoms with Crippen LogP contribution in [0.4, 0.5) is 4.79 Å². The van der Waals surface area contributed by atoms with Crippen molar-refractivity contribution >= 4 is 23.8 Å². The lowest BCUT2D eigenvalue weighted by atomic mass is 9.91. The molecule has 0 aliphatic carbocycles. The first-order valence-corrected chi connectivity index (χ1v) is 13.9. The third kappa shape index (κ3) is 7.60. The average Bonchev–Trinajstić information content (AvgIpc) is 2.96. The van der Waals surface area contributed by atoms with Gasteiger partial charge in [-0.05, 0) is 47.9 Å². The van der Waals surface area contributed by atoms with Gasteiger partial charge in [-0.3, -0.25) is 0 Å². The molecule has 39 heavy (non-hydrogen) atoms. The highest BCUT2D eigenvalue weighted by molar-refractivity contribution is 7.99. The van der Waals surface area contributed by atoms with E-state index in [1.807, 2.05) is 67.6 Å². The van der Waals surface area contributed by atoms with Crippen molar-refractivity contribution in [3.63, 3.8) is 0 Å². The van der Waals surface area contributed by atoms with E-state index < -0.39 is 12.3 Å². The van der Waals surface area contributed by atoms with Crippen molar-refractivity contribution in [3.8, 4) is 0 Å². The van der Waals surface area contributed by atoms with Crippen molar-refractivity contribution in [1.82, 2.24) is 10.6 Å². The fourth-order valence-electron chi connectivity index (χ4n) is 4.38. The average molecular weight is 551 g/mol.